The molecule has 0 aliphatic heterocycles. The number of amides is 1. The van der Waals surface area contributed by atoms with E-state index in [0.717, 1.165) is 28.1 Å². The molecule has 1 aromatic carbocycles. The number of thioether (sulfide) groups is 1. The van der Waals surface area contributed by atoms with Crippen LogP contribution in [0.15, 0.2) is 35.6 Å². The van der Waals surface area contributed by atoms with Crippen LogP contribution in [0.1, 0.15) is 35.8 Å². The van der Waals surface area contributed by atoms with Crippen molar-refractivity contribution in [3.05, 3.63) is 46.6 Å². The molecule has 0 spiro atoms. The third-order valence-electron chi connectivity index (χ3n) is 4.68. The van der Waals surface area contributed by atoms with Crippen LogP contribution < -0.4 is 5.32 Å². The summed E-state index contributed by atoms with van der Waals surface area (Å²) in [6.45, 7) is 1.86. The van der Waals surface area contributed by atoms with E-state index in [0.29, 0.717) is 11.3 Å². The molecule has 0 fully saturated rings. The predicted molar refractivity (Wildman–Crippen MR) is 109 cm³/mol. The van der Waals surface area contributed by atoms with E-state index in [1.165, 1.54) is 35.0 Å². The molecular weight excluding hydrogens is 376 g/mol. The number of carbonyl (C=O) groups excluding carboxylic acids is 1. The van der Waals surface area contributed by atoms with Crippen molar-refractivity contribution in [2.24, 2.45) is 0 Å². The van der Waals surface area contributed by atoms with E-state index in [4.69, 9.17) is 0 Å². The van der Waals surface area contributed by atoms with Crippen molar-refractivity contribution in [2.45, 2.75) is 42.9 Å². The van der Waals surface area contributed by atoms with Crippen LogP contribution >= 0.6 is 23.1 Å². The van der Waals surface area contributed by atoms with Crippen molar-refractivity contribution >= 4 is 44.9 Å². The van der Waals surface area contributed by atoms with E-state index < -0.39 is 0 Å². The average Bonchev–Trinajstić information content (AvgIpc) is 3.08. The molecule has 2 aromatic heterocycles. The summed E-state index contributed by atoms with van der Waals surface area (Å²) in [5, 5.41) is 13.7. The Hall–Kier alpha value is -2.43. The molecule has 2 heterocycles. The van der Waals surface area contributed by atoms with Gasteiger partial charge in [-0.1, -0.05) is 23.9 Å². The Balaban J connectivity index is 1.58. The van der Waals surface area contributed by atoms with E-state index in [1.807, 2.05) is 6.92 Å². The van der Waals surface area contributed by atoms with Gasteiger partial charge < -0.3 is 5.32 Å². The summed E-state index contributed by atoms with van der Waals surface area (Å²) >= 11 is 3.21. The van der Waals surface area contributed by atoms with Gasteiger partial charge in [0, 0.05) is 10.3 Å². The number of carbonyl (C=O) groups is 1. The van der Waals surface area contributed by atoms with Crippen molar-refractivity contribution in [1.82, 2.24) is 9.97 Å². The second-order valence-electron chi connectivity index (χ2n) is 6.48. The lowest BCUT2D eigenvalue weighted by Crippen LogP contribution is -2.23. The second kappa shape index (κ2) is 7.67. The summed E-state index contributed by atoms with van der Waals surface area (Å²) in [6.07, 6.45) is 6.18. The molecule has 136 valence electrons. The first kappa shape index (κ1) is 18.0. The van der Waals surface area contributed by atoms with Crippen LogP contribution in [-0.4, -0.2) is 21.1 Å². The maximum atomic E-state index is 12.7. The first-order valence-electron chi connectivity index (χ1n) is 8.89. The molecule has 1 amide bonds. The molecule has 0 saturated heterocycles. The van der Waals surface area contributed by atoms with E-state index in [2.05, 4.69) is 21.4 Å². The Morgan fingerprint density at radius 1 is 1.30 bits per heavy atom. The van der Waals surface area contributed by atoms with Gasteiger partial charge in [0.05, 0.1) is 16.5 Å². The molecule has 27 heavy (non-hydrogen) atoms. The number of thiophene rings is 1. The fourth-order valence-electron chi connectivity index (χ4n) is 3.30. The minimum atomic E-state index is -0.339. The molecule has 1 N–H and O–H groups in total. The fourth-order valence-corrected chi connectivity index (χ4v) is 5.54. The zero-order chi connectivity index (χ0) is 18.8. The molecule has 0 saturated carbocycles. The van der Waals surface area contributed by atoms with E-state index >= 15 is 0 Å². The van der Waals surface area contributed by atoms with Gasteiger partial charge in [-0.3, -0.25) is 4.79 Å². The number of benzene rings is 1. The summed E-state index contributed by atoms with van der Waals surface area (Å²) in [7, 11) is 0. The Labute approximate surface area is 165 Å². The maximum absolute atomic E-state index is 12.7. The van der Waals surface area contributed by atoms with Crippen LogP contribution in [0, 0.1) is 11.3 Å². The molecule has 0 radical (unpaired) electrons. The topological polar surface area (TPSA) is 78.7 Å². The highest BCUT2D eigenvalue weighted by molar-refractivity contribution is 8.00. The largest absolute Gasteiger partial charge is 0.324 e. The molecule has 4 rings (SSSR count). The Kier molecular flexibility index (Phi) is 5.10. The number of aromatic nitrogens is 2. The predicted octanol–water partition coefficient (Wildman–Crippen LogP) is 4.56. The summed E-state index contributed by atoms with van der Waals surface area (Å²) in [6, 6.07) is 9.13. The molecule has 1 aliphatic rings. The van der Waals surface area contributed by atoms with E-state index in [-0.39, 0.29) is 11.2 Å². The van der Waals surface area contributed by atoms with E-state index in [1.54, 1.807) is 41.9 Å². The first-order chi connectivity index (χ1) is 13.2. The number of fused-ring (bicyclic) bond motifs is 3. The number of rotatable bonds is 4. The minimum absolute atomic E-state index is 0.140. The third-order valence-corrected chi connectivity index (χ3v) is 6.98. The van der Waals surface area contributed by atoms with Crippen molar-refractivity contribution < 1.29 is 4.79 Å². The van der Waals surface area contributed by atoms with Gasteiger partial charge in [0.1, 0.15) is 22.3 Å². The second-order valence-corrected chi connectivity index (χ2v) is 8.89. The van der Waals surface area contributed by atoms with Crippen molar-refractivity contribution in [3.63, 3.8) is 0 Å². The highest BCUT2D eigenvalue weighted by atomic mass is 32.2. The third kappa shape index (κ3) is 3.55. The van der Waals surface area contributed by atoms with Gasteiger partial charge in [-0.15, -0.1) is 11.3 Å². The lowest BCUT2D eigenvalue weighted by molar-refractivity contribution is -0.115. The Bertz CT molecular complexity index is 1050. The summed E-state index contributed by atoms with van der Waals surface area (Å²) < 4.78 is 0. The number of aryl methyl sites for hydroxylation is 2. The summed E-state index contributed by atoms with van der Waals surface area (Å²) in [5.74, 6) is -0.140. The number of hydrogen-bond acceptors (Lipinski definition) is 6. The molecule has 7 heteroatoms. The molecule has 1 aliphatic carbocycles. The van der Waals surface area contributed by atoms with E-state index in [9.17, 15) is 10.1 Å². The zero-order valence-electron chi connectivity index (χ0n) is 14.9. The van der Waals surface area contributed by atoms with Gasteiger partial charge in [-0.2, -0.15) is 5.26 Å². The highest BCUT2D eigenvalue weighted by Gasteiger charge is 2.23. The Morgan fingerprint density at radius 2 is 2.11 bits per heavy atom. The van der Waals surface area contributed by atoms with Crippen LogP contribution in [0.3, 0.4) is 0 Å². The zero-order valence-corrected chi connectivity index (χ0v) is 16.5. The molecule has 5 nitrogen and oxygen atoms in total. The van der Waals surface area contributed by atoms with Crippen molar-refractivity contribution in [2.75, 3.05) is 5.32 Å². The number of nitrogens with zero attached hydrogens (tertiary/aromatic N) is 3. The number of nitrogens with one attached hydrogen (secondary N) is 1. The van der Waals surface area contributed by atoms with Gasteiger partial charge in [-0.25, -0.2) is 9.97 Å². The number of anilines is 1. The lowest BCUT2D eigenvalue weighted by Gasteiger charge is -2.14. The lowest BCUT2D eigenvalue weighted by atomic mass is 9.97. The van der Waals surface area contributed by atoms with Crippen LogP contribution in [-0.2, 0) is 17.6 Å². The normalized spacial score (nSPS) is 14.4. The van der Waals surface area contributed by atoms with Gasteiger partial charge in [0.15, 0.2) is 0 Å². The monoisotopic (exact) mass is 394 g/mol. The van der Waals surface area contributed by atoms with Crippen molar-refractivity contribution in [1.29, 1.82) is 5.26 Å². The number of nitriles is 1. The van der Waals surface area contributed by atoms with Crippen LogP contribution in [0.5, 0.6) is 0 Å². The Morgan fingerprint density at radius 3 is 2.96 bits per heavy atom. The molecule has 1 unspecified atom stereocenters. The standard InChI is InChI=1S/C20H18N4OS2/c1-12(18(25)24-15-8-4-2-6-13(15)10-21)26-19-17-14-7-3-5-9-16(14)27-20(17)23-11-22-19/h2,4,6,8,11-12H,3,5,7,9H2,1H3,(H,24,25). The molecule has 0 bridgehead atoms. The SMILES string of the molecule is CC(Sc1ncnc2sc3c(c12)CCCC3)C(=O)Nc1ccccc1C#N. The quantitative estimate of drug-likeness (QED) is 0.518. The van der Waals surface area contributed by atoms with Crippen molar-refractivity contribution in [3.8, 4) is 6.07 Å². The van der Waals surface area contributed by atoms with Crippen LogP contribution in [0.25, 0.3) is 10.2 Å². The fraction of sp³-hybridized carbons (Fsp3) is 0.300. The highest BCUT2D eigenvalue weighted by Crippen LogP contribution is 2.40. The maximum Gasteiger partial charge on any atom is 0.237 e. The summed E-state index contributed by atoms with van der Waals surface area (Å²) in [5.41, 5.74) is 2.37. The van der Waals surface area contributed by atoms with Gasteiger partial charge in [-0.05, 0) is 50.3 Å². The first-order valence-corrected chi connectivity index (χ1v) is 10.6. The number of hydrogen-bond donors (Lipinski definition) is 1. The van der Waals surface area contributed by atoms with Gasteiger partial charge in [0.25, 0.3) is 0 Å². The smallest absolute Gasteiger partial charge is 0.237 e. The van der Waals surface area contributed by atoms with Gasteiger partial charge in [0.2, 0.25) is 5.91 Å². The summed E-state index contributed by atoms with van der Waals surface area (Å²) in [4.78, 5) is 24.0. The average molecular weight is 395 g/mol. The van der Waals surface area contributed by atoms with Gasteiger partial charge >= 0.3 is 0 Å². The van der Waals surface area contributed by atoms with Crippen LogP contribution in [0.2, 0.25) is 0 Å². The molecule has 1 atom stereocenters. The minimum Gasteiger partial charge on any atom is -0.324 e. The van der Waals surface area contributed by atoms with Crippen LogP contribution in [0.4, 0.5) is 5.69 Å². The molecule has 3 aromatic rings. The number of para-hydroxylation sites is 1. The molecular formula is C20H18N4OS2.